The van der Waals surface area contributed by atoms with Gasteiger partial charge in [0.2, 0.25) is 0 Å². The molecule has 1 unspecified atom stereocenters. The molecule has 1 aromatic heterocycles. The van der Waals surface area contributed by atoms with Crippen LogP contribution in [0.3, 0.4) is 0 Å². The van der Waals surface area contributed by atoms with Crippen LogP contribution in [0.15, 0.2) is 22.8 Å². The Morgan fingerprint density at radius 1 is 1.62 bits per heavy atom. The van der Waals surface area contributed by atoms with E-state index in [1.165, 1.54) is 0 Å². The highest BCUT2D eigenvalue weighted by molar-refractivity contribution is 4.98. The third kappa shape index (κ3) is 4.10. The van der Waals surface area contributed by atoms with Crippen molar-refractivity contribution < 1.29 is 4.42 Å². The summed E-state index contributed by atoms with van der Waals surface area (Å²) in [6, 6.07) is 4.17. The molecule has 0 bridgehead atoms. The number of hydrogen-bond donors (Lipinski definition) is 2. The van der Waals surface area contributed by atoms with E-state index in [0.717, 1.165) is 31.7 Å². The summed E-state index contributed by atoms with van der Waals surface area (Å²) in [5, 5.41) is 3.29. The Balaban J connectivity index is 2.02. The van der Waals surface area contributed by atoms with Crippen LogP contribution < -0.4 is 11.1 Å². The van der Waals surface area contributed by atoms with Gasteiger partial charge in [-0.2, -0.15) is 0 Å². The molecule has 0 saturated heterocycles. The minimum absolute atomic E-state index is 0.275. The molecule has 1 atom stereocenters. The lowest BCUT2D eigenvalue weighted by molar-refractivity contribution is 0.490. The molecule has 1 aromatic rings. The van der Waals surface area contributed by atoms with Crippen molar-refractivity contribution in [2.75, 3.05) is 13.1 Å². The van der Waals surface area contributed by atoms with Crippen molar-refractivity contribution in [1.29, 1.82) is 0 Å². The van der Waals surface area contributed by atoms with Gasteiger partial charge >= 0.3 is 0 Å². The Kier molecular flexibility index (Phi) is 4.57. The lowest BCUT2D eigenvalue weighted by atomic mass is 10.2. The molecule has 3 nitrogen and oxygen atoms in total. The lowest BCUT2D eigenvalue weighted by Gasteiger charge is -2.08. The van der Waals surface area contributed by atoms with Crippen molar-refractivity contribution in [3.63, 3.8) is 0 Å². The average Bonchev–Trinajstić information content (AvgIpc) is 2.64. The number of rotatable bonds is 6. The van der Waals surface area contributed by atoms with Crippen LogP contribution in [0.4, 0.5) is 0 Å². The molecule has 3 heteroatoms. The zero-order chi connectivity index (χ0) is 9.52. The van der Waals surface area contributed by atoms with E-state index < -0.39 is 0 Å². The fraction of sp³-hybridized carbons (Fsp3) is 0.600. The molecule has 0 aliphatic heterocycles. The monoisotopic (exact) mass is 182 g/mol. The van der Waals surface area contributed by atoms with E-state index in [1.807, 2.05) is 12.1 Å². The van der Waals surface area contributed by atoms with Gasteiger partial charge in [-0.05, 0) is 18.6 Å². The molecular formula is C10H18N2O. The number of furan rings is 1. The zero-order valence-electron chi connectivity index (χ0n) is 8.12. The summed E-state index contributed by atoms with van der Waals surface area (Å²) >= 11 is 0. The SMILES string of the molecule is CCC(N)CNCCc1ccco1. The van der Waals surface area contributed by atoms with E-state index in [1.54, 1.807) is 6.26 Å². The first-order valence-corrected chi connectivity index (χ1v) is 4.81. The van der Waals surface area contributed by atoms with Crippen molar-refractivity contribution in [3.05, 3.63) is 24.2 Å². The molecule has 13 heavy (non-hydrogen) atoms. The number of nitrogens with two attached hydrogens (primary N) is 1. The average molecular weight is 182 g/mol. The molecule has 0 amide bonds. The Bertz CT molecular complexity index is 209. The van der Waals surface area contributed by atoms with Crippen molar-refractivity contribution >= 4 is 0 Å². The van der Waals surface area contributed by atoms with E-state index in [2.05, 4.69) is 12.2 Å². The van der Waals surface area contributed by atoms with Crippen molar-refractivity contribution in [1.82, 2.24) is 5.32 Å². The molecule has 0 saturated carbocycles. The molecule has 0 aliphatic rings. The first-order valence-electron chi connectivity index (χ1n) is 4.81. The minimum Gasteiger partial charge on any atom is -0.469 e. The first kappa shape index (κ1) is 10.3. The van der Waals surface area contributed by atoms with Crippen LogP contribution in [0.1, 0.15) is 19.1 Å². The third-order valence-corrected chi connectivity index (χ3v) is 2.06. The molecule has 0 spiro atoms. The smallest absolute Gasteiger partial charge is 0.105 e. The maximum Gasteiger partial charge on any atom is 0.105 e. The molecule has 3 N–H and O–H groups in total. The van der Waals surface area contributed by atoms with Gasteiger partial charge in [0.1, 0.15) is 5.76 Å². The highest BCUT2D eigenvalue weighted by Crippen LogP contribution is 1.99. The summed E-state index contributed by atoms with van der Waals surface area (Å²) in [6.07, 6.45) is 3.66. The molecule has 1 rings (SSSR count). The van der Waals surface area contributed by atoms with Crippen LogP contribution in [0.25, 0.3) is 0 Å². The van der Waals surface area contributed by atoms with Gasteiger partial charge in [-0.25, -0.2) is 0 Å². The van der Waals surface area contributed by atoms with E-state index in [4.69, 9.17) is 10.2 Å². The minimum atomic E-state index is 0.275. The molecule has 0 aromatic carbocycles. The normalized spacial score (nSPS) is 13.1. The van der Waals surface area contributed by atoms with Gasteiger partial charge in [0, 0.05) is 25.6 Å². The summed E-state index contributed by atoms with van der Waals surface area (Å²) in [5.41, 5.74) is 5.75. The topological polar surface area (TPSA) is 51.2 Å². The van der Waals surface area contributed by atoms with Crippen LogP contribution >= 0.6 is 0 Å². The fourth-order valence-electron chi connectivity index (χ4n) is 1.10. The number of hydrogen-bond acceptors (Lipinski definition) is 3. The van der Waals surface area contributed by atoms with E-state index >= 15 is 0 Å². The highest BCUT2D eigenvalue weighted by Gasteiger charge is 1.98. The van der Waals surface area contributed by atoms with Crippen LogP contribution in [0.5, 0.6) is 0 Å². The van der Waals surface area contributed by atoms with Gasteiger partial charge in [-0.15, -0.1) is 0 Å². The van der Waals surface area contributed by atoms with Gasteiger partial charge in [-0.1, -0.05) is 6.92 Å². The van der Waals surface area contributed by atoms with Crippen LogP contribution in [0.2, 0.25) is 0 Å². The quantitative estimate of drug-likeness (QED) is 0.649. The molecular weight excluding hydrogens is 164 g/mol. The Labute approximate surface area is 79.3 Å². The zero-order valence-corrected chi connectivity index (χ0v) is 8.12. The Morgan fingerprint density at radius 3 is 3.08 bits per heavy atom. The predicted octanol–water partition coefficient (Wildman–Crippen LogP) is 1.15. The van der Waals surface area contributed by atoms with Crippen molar-refractivity contribution in [2.45, 2.75) is 25.8 Å². The van der Waals surface area contributed by atoms with Gasteiger partial charge in [0.25, 0.3) is 0 Å². The summed E-state index contributed by atoms with van der Waals surface area (Å²) < 4.78 is 5.20. The van der Waals surface area contributed by atoms with Gasteiger partial charge < -0.3 is 15.5 Å². The highest BCUT2D eigenvalue weighted by atomic mass is 16.3. The van der Waals surface area contributed by atoms with Gasteiger partial charge in [0.15, 0.2) is 0 Å². The van der Waals surface area contributed by atoms with Crippen LogP contribution in [-0.2, 0) is 6.42 Å². The van der Waals surface area contributed by atoms with E-state index in [0.29, 0.717) is 0 Å². The van der Waals surface area contributed by atoms with E-state index in [-0.39, 0.29) is 6.04 Å². The second kappa shape index (κ2) is 5.78. The first-order chi connectivity index (χ1) is 6.33. The van der Waals surface area contributed by atoms with Crippen LogP contribution in [0, 0.1) is 0 Å². The Morgan fingerprint density at radius 2 is 2.46 bits per heavy atom. The summed E-state index contributed by atoms with van der Waals surface area (Å²) in [6.45, 7) is 3.91. The Hall–Kier alpha value is -0.800. The summed E-state index contributed by atoms with van der Waals surface area (Å²) in [7, 11) is 0. The van der Waals surface area contributed by atoms with Crippen molar-refractivity contribution in [3.8, 4) is 0 Å². The lowest BCUT2D eigenvalue weighted by Crippen LogP contribution is -2.34. The molecule has 0 aliphatic carbocycles. The second-order valence-corrected chi connectivity index (χ2v) is 3.20. The second-order valence-electron chi connectivity index (χ2n) is 3.20. The summed E-state index contributed by atoms with van der Waals surface area (Å²) in [5.74, 6) is 1.03. The van der Waals surface area contributed by atoms with Crippen molar-refractivity contribution in [2.24, 2.45) is 5.73 Å². The summed E-state index contributed by atoms with van der Waals surface area (Å²) in [4.78, 5) is 0. The number of nitrogens with one attached hydrogen (secondary N) is 1. The van der Waals surface area contributed by atoms with Gasteiger partial charge in [-0.3, -0.25) is 0 Å². The van der Waals surface area contributed by atoms with Gasteiger partial charge in [0.05, 0.1) is 6.26 Å². The third-order valence-electron chi connectivity index (χ3n) is 2.06. The predicted molar refractivity (Wildman–Crippen MR) is 53.5 cm³/mol. The maximum atomic E-state index is 5.75. The molecule has 74 valence electrons. The standard InChI is InChI=1S/C10H18N2O/c1-2-9(11)8-12-6-5-10-4-3-7-13-10/h3-4,7,9,12H,2,5-6,8,11H2,1H3. The largest absolute Gasteiger partial charge is 0.469 e. The molecule has 1 heterocycles. The van der Waals surface area contributed by atoms with Crippen LogP contribution in [-0.4, -0.2) is 19.1 Å². The van der Waals surface area contributed by atoms with E-state index in [9.17, 15) is 0 Å². The maximum absolute atomic E-state index is 5.75. The molecule has 0 fully saturated rings. The fourth-order valence-corrected chi connectivity index (χ4v) is 1.10. The molecule has 0 radical (unpaired) electrons.